The number of carbonyl (C=O) groups is 2. The highest BCUT2D eigenvalue weighted by Gasteiger charge is 2.40. The standard InChI is InChI=1S/C12H20N2O4/c1-12(2,3)18-11(16)14-8-4-10(15)13-5-9(14)7-17-6-8/h8-9H,4-7H2,1-3H3,(H,13,15). The van der Waals surface area contributed by atoms with Crippen molar-refractivity contribution in [1.82, 2.24) is 10.2 Å². The summed E-state index contributed by atoms with van der Waals surface area (Å²) in [4.78, 5) is 25.4. The molecule has 2 unspecified atom stereocenters. The Hall–Kier alpha value is -1.30. The summed E-state index contributed by atoms with van der Waals surface area (Å²) < 4.78 is 10.8. The van der Waals surface area contributed by atoms with Crippen LogP contribution in [0.25, 0.3) is 0 Å². The lowest BCUT2D eigenvalue weighted by Crippen LogP contribution is -2.56. The van der Waals surface area contributed by atoms with Gasteiger partial charge in [0.05, 0.1) is 25.3 Å². The molecule has 2 amide bonds. The van der Waals surface area contributed by atoms with Gasteiger partial charge in [-0.3, -0.25) is 9.69 Å². The van der Waals surface area contributed by atoms with Gasteiger partial charge in [-0.05, 0) is 20.8 Å². The number of hydrogen-bond acceptors (Lipinski definition) is 4. The highest BCUT2D eigenvalue weighted by Crippen LogP contribution is 2.22. The lowest BCUT2D eigenvalue weighted by Gasteiger charge is -2.40. The summed E-state index contributed by atoms with van der Waals surface area (Å²) in [7, 11) is 0. The minimum atomic E-state index is -0.532. The topological polar surface area (TPSA) is 67.9 Å². The van der Waals surface area contributed by atoms with Crippen molar-refractivity contribution < 1.29 is 19.1 Å². The maximum Gasteiger partial charge on any atom is 0.411 e. The normalized spacial score (nSPS) is 28.4. The Labute approximate surface area is 107 Å². The fourth-order valence-corrected chi connectivity index (χ4v) is 2.24. The summed E-state index contributed by atoms with van der Waals surface area (Å²) in [6.45, 7) is 6.75. The molecule has 2 atom stereocenters. The number of fused-ring (bicyclic) bond motifs is 2. The maximum atomic E-state index is 12.2. The van der Waals surface area contributed by atoms with Crippen LogP contribution in [0.15, 0.2) is 0 Å². The molecule has 0 aromatic heterocycles. The molecule has 0 aromatic rings. The first-order valence-corrected chi connectivity index (χ1v) is 6.22. The summed E-state index contributed by atoms with van der Waals surface area (Å²) in [6.07, 6.45) is -0.0901. The van der Waals surface area contributed by atoms with E-state index in [0.717, 1.165) is 0 Å². The van der Waals surface area contributed by atoms with E-state index in [0.29, 0.717) is 19.8 Å². The van der Waals surface area contributed by atoms with Gasteiger partial charge >= 0.3 is 6.09 Å². The molecule has 6 heteroatoms. The van der Waals surface area contributed by atoms with Gasteiger partial charge in [0.15, 0.2) is 0 Å². The number of morpholine rings is 1. The molecule has 0 saturated carbocycles. The summed E-state index contributed by atoms with van der Waals surface area (Å²) >= 11 is 0. The zero-order valence-corrected chi connectivity index (χ0v) is 11.1. The molecule has 0 aromatic carbocycles. The van der Waals surface area contributed by atoms with E-state index in [1.54, 1.807) is 4.90 Å². The van der Waals surface area contributed by atoms with E-state index >= 15 is 0 Å². The van der Waals surface area contributed by atoms with E-state index in [1.807, 2.05) is 20.8 Å². The molecule has 0 aliphatic carbocycles. The highest BCUT2D eigenvalue weighted by atomic mass is 16.6. The first kappa shape index (κ1) is 13.1. The number of amides is 2. The van der Waals surface area contributed by atoms with Crippen LogP contribution in [0.1, 0.15) is 27.2 Å². The molecule has 2 aliphatic heterocycles. The minimum Gasteiger partial charge on any atom is -0.444 e. The molecule has 0 radical (unpaired) electrons. The fourth-order valence-electron chi connectivity index (χ4n) is 2.24. The number of ether oxygens (including phenoxy) is 2. The van der Waals surface area contributed by atoms with Crippen molar-refractivity contribution in [3.8, 4) is 0 Å². The Morgan fingerprint density at radius 1 is 1.39 bits per heavy atom. The van der Waals surface area contributed by atoms with Crippen LogP contribution in [0, 0.1) is 0 Å². The third-order valence-corrected chi connectivity index (χ3v) is 2.97. The second-order valence-corrected chi connectivity index (χ2v) is 5.74. The molecular formula is C12H20N2O4. The summed E-state index contributed by atoms with van der Waals surface area (Å²) in [5, 5.41) is 2.80. The van der Waals surface area contributed by atoms with Crippen molar-refractivity contribution in [3.05, 3.63) is 0 Å². The van der Waals surface area contributed by atoms with Gasteiger partial charge in [0.25, 0.3) is 0 Å². The summed E-state index contributed by atoms with van der Waals surface area (Å²) in [5.74, 6) is -0.0402. The molecule has 2 aliphatic rings. The van der Waals surface area contributed by atoms with Crippen molar-refractivity contribution in [2.24, 2.45) is 0 Å². The molecule has 2 saturated heterocycles. The molecule has 6 nitrogen and oxygen atoms in total. The van der Waals surface area contributed by atoms with Crippen LogP contribution in [-0.2, 0) is 14.3 Å². The highest BCUT2D eigenvalue weighted by molar-refractivity contribution is 5.79. The zero-order valence-electron chi connectivity index (χ0n) is 11.1. The average molecular weight is 256 g/mol. The SMILES string of the molecule is CC(C)(C)OC(=O)N1C2CNC(=O)CC1COC2. The molecule has 2 heterocycles. The lowest BCUT2D eigenvalue weighted by atomic mass is 10.1. The van der Waals surface area contributed by atoms with Gasteiger partial charge in [-0.25, -0.2) is 4.79 Å². The average Bonchev–Trinajstić information content (AvgIpc) is 2.31. The van der Waals surface area contributed by atoms with Crippen LogP contribution in [0.5, 0.6) is 0 Å². The van der Waals surface area contributed by atoms with Crippen molar-refractivity contribution >= 4 is 12.0 Å². The van der Waals surface area contributed by atoms with Crippen molar-refractivity contribution in [1.29, 1.82) is 0 Å². The molecule has 2 rings (SSSR count). The lowest BCUT2D eigenvalue weighted by molar-refractivity contribution is -0.121. The Morgan fingerprint density at radius 2 is 2.06 bits per heavy atom. The Balaban J connectivity index is 2.14. The number of hydrogen-bond donors (Lipinski definition) is 1. The van der Waals surface area contributed by atoms with Gasteiger partial charge in [0, 0.05) is 13.0 Å². The van der Waals surface area contributed by atoms with Crippen molar-refractivity contribution in [2.45, 2.75) is 44.9 Å². The first-order chi connectivity index (χ1) is 8.37. The van der Waals surface area contributed by atoms with E-state index in [4.69, 9.17) is 9.47 Å². The number of carbonyl (C=O) groups excluding carboxylic acids is 2. The van der Waals surface area contributed by atoms with Crippen molar-refractivity contribution in [3.63, 3.8) is 0 Å². The van der Waals surface area contributed by atoms with Crippen LogP contribution in [0.4, 0.5) is 4.79 Å². The Bertz CT molecular complexity index is 350. The molecule has 0 spiro atoms. The van der Waals surface area contributed by atoms with Crippen LogP contribution in [0.2, 0.25) is 0 Å². The minimum absolute atomic E-state index is 0.0402. The van der Waals surface area contributed by atoms with Crippen LogP contribution in [-0.4, -0.2) is 54.3 Å². The molecule has 18 heavy (non-hydrogen) atoms. The number of nitrogens with zero attached hydrogens (tertiary/aromatic N) is 1. The Kier molecular flexibility index (Phi) is 3.47. The number of rotatable bonds is 0. The van der Waals surface area contributed by atoms with E-state index in [-0.39, 0.29) is 30.5 Å². The van der Waals surface area contributed by atoms with Crippen LogP contribution >= 0.6 is 0 Å². The van der Waals surface area contributed by atoms with E-state index in [9.17, 15) is 9.59 Å². The van der Waals surface area contributed by atoms with E-state index in [1.165, 1.54) is 0 Å². The smallest absolute Gasteiger partial charge is 0.411 e. The van der Waals surface area contributed by atoms with Gasteiger partial charge in [-0.15, -0.1) is 0 Å². The van der Waals surface area contributed by atoms with E-state index < -0.39 is 5.60 Å². The number of nitrogens with one attached hydrogen (secondary N) is 1. The van der Waals surface area contributed by atoms with Crippen LogP contribution < -0.4 is 5.32 Å². The summed E-state index contributed by atoms with van der Waals surface area (Å²) in [6, 6.07) is -0.355. The predicted molar refractivity (Wildman–Crippen MR) is 64.1 cm³/mol. The molecule has 102 valence electrons. The molecule has 2 bridgehead atoms. The predicted octanol–water partition coefficient (Wildman–Crippen LogP) is 0.511. The quantitative estimate of drug-likeness (QED) is 0.685. The van der Waals surface area contributed by atoms with Gasteiger partial charge < -0.3 is 14.8 Å². The monoisotopic (exact) mass is 256 g/mol. The first-order valence-electron chi connectivity index (χ1n) is 6.22. The second kappa shape index (κ2) is 4.76. The van der Waals surface area contributed by atoms with Crippen LogP contribution in [0.3, 0.4) is 0 Å². The molecule has 1 N–H and O–H groups in total. The van der Waals surface area contributed by atoms with Gasteiger partial charge in [0.1, 0.15) is 5.60 Å². The van der Waals surface area contributed by atoms with Crippen molar-refractivity contribution in [2.75, 3.05) is 19.8 Å². The second-order valence-electron chi connectivity index (χ2n) is 5.74. The maximum absolute atomic E-state index is 12.2. The fraction of sp³-hybridized carbons (Fsp3) is 0.833. The largest absolute Gasteiger partial charge is 0.444 e. The summed E-state index contributed by atoms with van der Waals surface area (Å²) in [5.41, 5.74) is -0.532. The van der Waals surface area contributed by atoms with Gasteiger partial charge in [-0.2, -0.15) is 0 Å². The Morgan fingerprint density at radius 3 is 2.72 bits per heavy atom. The third kappa shape index (κ3) is 2.93. The molecular weight excluding hydrogens is 236 g/mol. The van der Waals surface area contributed by atoms with E-state index in [2.05, 4.69) is 5.32 Å². The molecule has 2 fully saturated rings. The zero-order chi connectivity index (χ0) is 13.3. The third-order valence-electron chi connectivity index (χ3n) is 2.97. The van der Waals surface area contributed by atoms with Gasteiger partial charge in [0.2, 0.25) is 5.91 Å². The van der Waals surface area contributed by atoms with Gasteiger partial charge in [-0.1, -0.05) is 0 Å².